The lowest BCUT2D eigenvalue weighted by Gasteiger charge is -2.35. The lowest BCUT2D eigenvalue weighted by Crippen LogP contribution is -2.47. The second-order valence-electron chi connectivity index (χ2n) is 10.0. The molecule has 1 atom stereocenters. The minimum atomic E-state index is -0.564. The molecule has 1 N–H and O–H groups in total. The van der Waals surface area contributed by atoms with Crippen LogP contribution in [0.25, 0.3) is 0 Å². The van der Waals surface area contributed by atoms with Crippen molar-refractivity contribution in [3.05, 3.63) is 51.7 Å². The molecule has 1 saturated heterocycles. The number of carbonyl (C=O) groups excluding carboxylic acids is 2. The van der Waals surface area contributed by atoms with Crippen molar-refractivity contribution in [2.75, 3.05) is 38.5 Å². The zero-order valence-electron chi connectivity index (χ0n) is 19.3. The molecule has 1 aromatic carbocycles. The molecule has 2 aromatic rings. The van der Waals surface area contributed by atoms with E-state index in [4.69, 9.17) is 0 Å². The monoisotopic (exact) mass is 457 g/mol. The fourth-order valence-electron chi connectivity index (χ4n) is 4.62. The fourth-order valence-corrected chi connectivity index (χ4v) is 5.94. The van der Waals surface area contributed by atoms with Crippen LogP contribution in [0.1, 0.15) is 58.3 Å². The number of likely N-dealkylation sites (N-methyl/N-ethyl adjacent to an activating group) is 1. The van der Waals surface area contributed by atoms with E-state index in [1.807, 2.05) is 4.90 Å². The number of rotatable bonds is 3. The zero-order valence-corrected chi connectivity index (χ0v) is 20.2. The molecule has 4 rings (SSSR count). The molecule has 2 heterocycles. The zero-order chi connectivity index (χ0) is 23.0. The second kappa shape index (κ2) is 8.94. The Hall–Kier alpha value is -2.25. The Morgan fingerprint density at radius 2 is 1.81 bits per heavy atom. The average molecular weight is 458 g/mol. The predicted octanol–water partition coefficient (Wildman–Crippen LogP) is 4.68. The Morgan fingerprint density at radius 3 is 2.47 bits per heavy atom. The van der Waals surface area contributed by atoms with Crippen LogP contribution in [-0.2, 0) is 12.8 Å². The fraction of sp³-hybridized carbons (Fsp3) is 0.520. The van der Waals surface area contributed by atoms with Gasteiger partial charge in [-0.05, 0) is 55.3 Å². The highest BCUT2D eigenvalue weighted by atomic mass is 32.1. The average Bonchev–Trinajstić information content (AvgIpc) is 3.10. The topological polar surface area (TPSA) is 52.6 Å². The number of anilines is 1. The van der Waals surface area contributed by atoms with Crippen molar-refractivity contribution in [3.8, 4) is 0 Å². The molecule has 1 aliphatic carbocycles. The first-order valence-electron chi connectivity index (χ1n) is 11.3. The van der Waals surface area contributed by atoms with E-state index < -0.39 is 11.7 Å². The van der Waals surface area contributed by atoms with Gasteiger partial charge in [0.15, 0.2) is 0 Å². The summed E-state index contributed by atoms with van der Waals surface area (Å²) in [5.74, 6) is -0.573. The van der Waals surface area contributed by atoms with Crippen LogP contribution in [0.15, 0.2) is 24.3 Å². The molecule has 2 amide bonds. The van der Waals surface area contributed by atoms with Crippen LogP contribution >= 0.6 is 11.3 Å². The van der Waals surface area contributed by atoms with Crippen LogP contribution < -0.4 is 5.32 Å². The lowest BCUT2D eigenvalue weighted by atomic mass is 9.72. The number of benzene rings is 1. The van der Waals surface area contributed by atoms with Gasteiger partial charge in [0.25, 0.3) is 11.8 Å². The number of piperazine rings is 1. The first-order chi connectivity index (χ1) is 15.1. The molecule has 0 radical (unpaired) electrons. The Bertz CT molecular complexity index is 1020. The molecule has 5 nitrogen and oxygen atoms in total. The Balaban J connectivity index is 1.68. The first kappa shape index (κ1) is 22.9. The van der Waals surface area contributed by atoms with Crippen molar-refractivity contribution in [2.45, 2.75) is 40.0 Å². The molecule has 1 aromatic heterocycles. The van der Waals surface area contributed by atoms with Crippen LogP contribution in [0.3, 0.4) is 0 Å². The molecular weight excluding hydrogens is 425 g/mol. The Labute approximate surface area is 193 Å². The van der Waals surface area contributed by atoms with E-state index in [9.17, 15) is 14.0 Å². The quantitative estimate of drug-likeness (QED) is 0.728. The Morgan fingerprint density at radius 1 is 1.12 bits per heavy atom. The van der Waals surface area contributed by atoms with E-state index in [-0.39, 0.29) is 16.9 Å². The molecule has 0 bridgehead atoms. The summed E-state index contributed by atoms with van der Waals surface area (Å²) in [5, 5.41) is 3.45. The van der Waals surface area contributed by atoms with Gasteiger partial charge in [-0.1, -0.05) is 32.9 Å². The van der Waals surface area contributed by atoms with Crippen molar-refractivity contribution < 1.29 is 14.0 Å². The van der Waals surface area contributed by atoms with Crippen molar-refractivity contribution in [2.24, 2.45) is 11.3 Å². The summed E-state index contributed by atoms with van der Waals surface area (Å²) in [4.78, 5) is 31.8. The third-order valence-electron chi connectivity index (χ3n) is 6.84. The molecule has 1 aliphatic heterocycles. The number of carbonyl (C=O) groups is 2. The summed E-state index contributed by atoms with van der Waals surface area (Å²) in [6.45, 7) is 9.78. The summed E-state index contributed by atoms with van der Waals surface area (Å²) < 4.78 is 14.2. The maximum atomic E-state index is 14.2. The van der Waals surface area contributed by atoms with Crippen molar-refractivity contribution in [3.63, 3.8) is 0 Å². The van der Waals surface area contributed by atoms with Gasteiger partial charge < -0.3 is 15.1 Å². The number of nitrogens with zero attached hydrogens (tertiary/aromatic N) is 2. The molecule has 32 heavy (non-hydrogen) atoms. The smallest absolute Gasteiger partial charge is 0.259 e. The van der Waals surface area contributed by atoms with Gasteiger partial charge in [0, 0.05) is 31.1 Å². The normalized spacial score (nSPS) is 19.5. The van der Waals surface area contributed by atoms with Gasteiger partial charge in [0.05, 0.1) is 11.1 Å². The van der Waals surface area contributed by atoms with Gasteiger partial charge >= 0.3 is 0 Å². The highest BCUT2D eigenvalue weighted by molar-refractivity contribution is 7.17. The number of nitrogens with one attached hydrogen (secondary N) is 1. The molecule has 172 valence electrons. The highest BCUT2D eigenvalue weighted by Gasteiger charge is 2.35. The minimum absolute atomic E-state index is 0.00978. The number of halogens is 1. The minimum Gasteiger partial charge on any atom is -0.336 e. The highest BCUT2D eigenvalue weighted by Crippen LogP contribution is 2.44. The van der Waals surface area contributed by atoms with Gasteiger partial charge in [-0.15, -0.1) is 11.3 Å². The predicted molar refractivity (Wildman–Crippen MR) is 127 cm³/mol. The Kier molecular flexibility index (Phi) is 6.41. The van der Waals surface area contributed by atoms with Gasteiger partial charge in [-0.2, -0.15) is 0 Å². The third kappa shape index (κ3) is 4.59. The summed E-state index contributed by atoms with van der Waals surface area (Å²) in [7, 11) is 2.06. The van der Waals surface area contributed by atoms with Gasteiger partial charge in [-0.3, -0.25) is 9.59 Å². The van der Waals surface area contributed by atoms with E-state index in [1.54, 1.807) is 12.1 Å². The van der Waals surface area contributed by atoms with Crippen molar-refractivity contribution in [1.82, 2.24) is 9.80 Å². The molecule has 1 fully saturated rings. The van der Waals surface area contributed by atoms with Crippen LogP contribution in [0.4, 0.5) is 9.39 Å². The number of hydrogen-bond acceptors (Lipinski definition) is 4. The number of thiophene rings is 1. The van der Waals surface area contributed by atoms with Gasteiger partial charge in [0.1, 0.15) is 10.8 Å². The SMILES string of the molecule is CN1CCN(C(=O)c2c(NC(=O)c3ccccc3F)sc3c2CC[C@H](C(C)(C)C)C3)CC1. The van der Waals surface area contributed by atoms with Gasteiger partial charge in [-0.25, -0.2) is 4.39 Å². The van der Waals surface area contributed by atoms with Crippen LogP contribution in [0, 0.1) is 17.2 Å². The summed E-state index contributed by atoms with van der Waals surface area (Å²) in [6, 6.07) is 5.95. The number of hydrogen-bond donors (Lipinski definition) is 1. The van der Waals surface area contributed by atoms with Crippen LogP contribution in [0.2, 0.25) is 0 Å². The maximum absolute atomic E-state index is 14.2. The standard InChI is InChI=1S/C25H32FN3O2S/c1-25(2,3)16-9-10-18-20(15-16)32-23(27-22(30)17-7-5-6-8-19(17)26)21(18)24(31)29-13-11-28(4)12-14-29/h5-8,16H,9-15H2,1-4H3,(H,27,30)/t16-/m0/s1. The van der Waals surface area contributed by atoms with E-state index in [0.717, 1.165) is 37.9 Å². The first-order valence-corrected chi connectivity index (χ1v) is 12.1. The van der Waals surface area contributed by atoms with E-state index in [0.29, 0.717) is 29.6 Å². The molecule has 0 unspecified atom stereocenters. The van der Waals surface area contributed by atoms with Crippen LogP contribution in [0.5, 0.6) is 0 Å². The van der Waals surface area contributed by atoms with Gasteiger partial charge in [0.2, 0.25) is 0 Å². The molecular formula is C25H32FN3O2S. The number of amides is 2. The van der Waals surface area contributed by atoms with Crippen LogP contribution in [-0.4, -0.2) is 54.8 Å². The summed E-state index contributed by atoms with van der Waals surface area (Å²) in [5.41, 5.74) is 1.86. The summed E-state index contributed by atoms with van der Waals surface area (Å²) in [6.07, 6.45) is 2.76. The maximum Gasteiger partial charge on any atom is 0.259 e. The lowest BCUT2D eigenvalue weighted by molar-refractivity contribution is 0.0664. The second-order valence-corrected chi connectivity index (χ2v) is 11.1. The van der Waals surface area contributed by atoms with Crippen molar-refractivity contribution >= 4 is 28.2 Å². The third-order valence-corrected chi connectivity index (χ3v) is 8.01. The molecule has 7 heteroatoms. The van der Waals surface area contributed by atoms with Crippen molar-refractivity contribution in [1.29, 1.82) is 0 Å². The molecule has 0 saturated carbocycles. The van der Waals surface area contributed by atoms with E-state index >= 15 is 0 Å². The molecule has 0 spiro atoms. The van der Waals surface area contributed by atoms with E-state index in [1.165, 1.54) is 28.3 Å². The summed E-state index contributed by atoms with van der Waals surface area (Å²) >= 11 is 1.49. The largest absolute Gasteiger partial charge is 0.336 e. The number of fused-ring (bicyclic) bond motifs is 1. The molecule has 2 aliphatic rings. The van der Waals surface area contributed by atoms with E-state index in [2.05, 4.69) is 38.0 Å².